The molecule has 19 heavy (non-hydrogen) atoms. The molecule has 6 heteroatoms. The van der Waals surface area contributed by atoms with E-state index in [1.807, 2.05) is 0 Å². The first-order chi connectivity index (χ1) is 8.88. The summed E-state index contributed by atoms with van der Waals surface area (Å²) >= 11 is 5.92. The number of rotatable bonds is 2. The van der Waals surface area contributed by atoms with Crippen LogP contribution in [0.5, 0.6) is 0 Å². The van der Waals surface area contributed by atoms with Gasteiger partial charge in [-0.25, -0.2) is 18.7 Å². The number of nitrogens with zero attached hydrogens (tertiary/aromatic N) is 2. The zero-order chi connectivity index (χ0) is 14.2. The van der Waals surface area contributed by atoms with Gasteiger partial charge in [-0.15, -0.1) is 0 Å². The van der Waals surface area contributed by atoms with Gasteiger partial charge in [-0.1, -0.05) is 11.6 Å². The number of hydrogen-bond donors (Lipinski definition) is 1. The first-order valence-corrected chi connectivity index (χ1v) is 5.99. The van der Waals surface area contributed by atoms with Crippen molar-refractivity contribution in [1.82, 2.24) is 9.97 Å². The summed E-state index contributed by atoms with van der Waals surface area (Å²) in [4.78, 5) is 8.10. The van der Waals surface area contributed by atoms with Gasteiger partial charge in [0.15, 0.2) is 0 Å². The molecule has 100 valence electrons. The molecule has 1 aromatic carbocycles. The highest BCUT2D eigenvalue weighted by Gasteiger charge is 2.12. The van der Waals surface area contributed by atoms with Crippen molar-refractivity contribution in [2.45, 2.75) is 20.8 Å². The Morgan fingerprint density at radius 1 is 1.05 bits per heavy atom. The Morgan fingerprint density at radius 3 is 2.42 bits per heavy atom. The van der Waals surface area contributed by atoms with Crippen molar-refractivity contribution in [1.29, 1.82) is 0 Å². The SMILES string of the molecule is Cc1nc(Cl)c(C)c(Nc2cc(F)c(C)cc2F)n1. The molecule has 0 saturated carbocycles. The third-order valence-electron chi connectivity index (χ3n) is 2.70. The summed E-state index contributed by atoms with van der Waals surface area (Å²) in [7, 11) is 0. The fraction of sp³-hybridized carbons (Fsp3) is 0.231. The molecule has 2 aromatic rings. The highest BCUT2D eigenvalue weighted by molar-refractivity contribution is 6.30. The van der Waals surface area contributed by atoms with Gasteiger partial charge in [0, 0.05) is 11.6 Å². The van der Waals surface area contributed by atoms with Crippen LogP contribution in [0, 0.1) is 32.4 Å². The van der Waals surface area contributed by atoms with Crippen LogP contribution in [-0.2, 0) is 0 Å². The van der Waals surface area contributed by atoms with Gasteiger partial charge in [0.1, 0.15) is 28.4 Å². The van der Waals surface area contributed by atoms with Crippen LogP contribution in [0.15, 0.2) is 12.1 Å². The minimum absolute atomic E-state index is 0.0142. The molecule has 3 nitrogen and oxygen atoms in total. The number of aryl methyl sites for hydroxylation is 2. The quantitative estimate of drug-likeness (QED) is 0.844. The van der Waals surface area contributed by atoms with E-state index in [9.17, 15) is 8.78 Å². The minimum Gasteiger partial charge on any atom is -0.337 e. The number of benzene rings is 1. The Balaban J connectivity index is 2.44. The number of nitrogens with one attached hydrogen (secondary N) is 1. The molecule has 0 radical (unpaired) electrons. The number of hydrogen-bond acceptors (Lipinski definition) is 3. The zero-order valence-corrected chi connectivity index (χ0v) is 11.4. The molecular formula is C13H12ClF2N3. The van der Waals surface area contributed by atoms with E-state index in [4.69, 9.17) is 11.6 Å². The summed E-state index contributed by atoms with van der Waals surface area (Å²) < 4.78 is 27.2. The average molecular weight is 284 g/mol. The maximum absolute atomic E-state index is 13.7. The number of aromatic nitrogens is 2. The monoisotopic (exact) mass is 283 g/mol. The van der Waals surface area contributed by atoms with Crippen molar-refractivity contribution >= 4 is 23.1 Å². The fourth-order valence-corrected chi connectivity index (χ4v) is 1.80. The van der Waals surface area contributed by atoms with Gasteiger partial charge in [-0.05, 0) is 32.4 Å². The molecule has 0 bridgehead atoms. The van der Waals surface area contributed by atoms with Crippen LogP contribution in [0.4, 0.5) is 20.3 Å². The van der Waals surface area contributed by atoms with E-state index < -0.39 is 11.6 Å². The number of anilines is 2. The van der Waals surface area contributed by atoms with Gasteiger partial charge in [0.05, 0.1) is 5.69 Å². The van der Waals surface area contributed by atoms with Crippen molar-refractivity contribution in [3.05, 3.63) is 45.9 Å². The van der Waals surface area contributed by atoms with E-state index in [1.54, 1.807) is 13.8 Å². The summed E-state index contributed by atoms with van der Waals surface area (Å²) in [6.07, 6.45) is 0. The molecule has 1 aromatic heterocycles. The van der Waals surface area contributed by atoms with Gasteiger partial charge < -0.3 is 5.32 Å². The van der Waals surface area contributed by atoms with Crippen LogP contribution in [0.3, 0.4) is 0 Å². The molecule has 0 atom stereocenters. The third kappa shape index (κ3) is 2.81. The van der Waals surface area contributed by atoms with E-state index in [0.717, 1.165) is 12.1 Å². The van der Waals surface area contributed by atoms with E-state index in [2.05, 4.69) is 15.3 Å². The molecule has 0 amide bonds. The largest absolute Gasteiger partial charge is 0.337 e. The van der Waals surface area contributed by atoms with Crippen LogP contribution >= 0.6 is 11.6 Å². The molecule has 2 rings (SSSR count). The normalized spacial score (nSPS) is 10.6. The molecule has 1 N–H and O–H groups in total. The van der Waals surface area contributed by atoms with Gasteiger partial charge >= 0.3 is 0 Å². The summed E-state index contributed by atoms with van der Waals surface area (Å²) in [6.45, 7) is 4.87. The number of halogens is 3. The highest BCUT2D eigenvalue weighted by atomic mass is 35.5. The van der Waals surface area contributed by atoms with Gasteiger partial charge in [0.2, 0.25) is 0 Å². The molecule has 0 aliphatic heterocycles. The Labute approximate surface area is 114 Å². The van der Waals surface area contributed by atoms with Gasteiger partial charge in [-0.2, -0.15) is 0 Å². The van der Waals surface area contributed by atoms with Crippen molar-refractivity contribution in [2.24, 2.45) is 0 Å². The van der Waals surface area contributed by atoms with Crippen LogP contribution in [-0.4, -0.2) is 9.97 Å². The molecule has 0 unspecified atom stereocenters. The topological polar surface area (TPSA) is 37.8 Å². The Bertz CT molecular complexity index is 644. The van der Waals surface area contributed by atoms with Crippen LogP contribution in [0.1, 0.15) is 17.0 Å². The summed E-state index contributed by atoms with van der Waals surface area (Å²) in [5.41, 5.74) is 0.838. The fourth-order valence-electron chi connectivity index (χ4n) is 1.59. The first kappa shape index (κ1) is 13.7. The first-order valence-electron chi connectivity index (χ1n) is 5.62. The molecule has 0 aliphatic carbocycles. The molecule has 1 heterocycles. The molecule has 0 saturated heterocycles. The molecular weight excluding hydrogens is 272 g/mol. The Hall–Kier alpha value is -1.75. The second-order valence-electron chi connectivity index (χ2n) is 4.24. The van der Waals surface area contributed by atoms with Crippen LogP contribution in [0.25, 0.3) is 0 Å². The lowest BCUT2D eigenvalue weighted by atomic mass is 10.2. The predicted octanol–water partition coefficient (Wildman–Crippen LogP) is 4.08. The molecule has 0 fully saturated rings. The highest BCUT2D eigenvalue weighted by Crippen LogP contribution is 2.26. The Morgan fingerprint density at radius 2 is 1.74 bits per heavy atom. The van der Waals surface area contributed by atoms with E-state index in [-0.39, 0.29) is 16.4 Å². The second-order valence-corrected chi connectivity index (χ2v) is 4.60. The maximum atomic E-state index is 13.7. The van der Waals surface area contributed by atoms with E-state index in [1.165, 1.54) is 6.92 Å². The van der Waals surface area contributed by atoms with Crippen molar-refractivity contribution < 1.29 is 8.78 Å². The smallest absolute Gasteiger partial charge is 0.147 e. The summed E-state index contributed by atoms with van der Waals surface area (Å²) in [5, 5.41) is 3.02. The van der Waals surface area contributed by atoms with Crippen LogP contribution < -0.4 is 5.32 Å². The lowest BCUT2D eigenvalue weighted by Crippen LogP contribution is -2.03. The van der Waals surface area contributed by atoms with E-state index >= 15 is 0 Å². The van der Waals surface area contributed by atoms with Crippen molar-refractivity contribution in [3.8, 4) is 0 Å². The average Bonchev–Trinajstić information content (AvgIpc) is 2.32. The summed E-state index contributed by atoms with van der Waals surface area (Å²) in [5.74, 6) is -0.227. The standard InChI is InChI=1S/C13H12ClF2N3/c1-6-4-10(16)11(5-9(6)15)19-13-7(2)12(14)17-8(3)18-13/h4-5H,1-3H3,(H,17,18,19). The van der Waals surface area contributed by atoms with Crippen molar-refractivity contribution in [2.75, 3.05) is 5.32 Å². The van der Waals surface area contributed by atoms with E-state index in [0.29, 0.717) is 17.2 Å². The predicted molar refractivity (Wildman–Crippen MR) is 70.9 cm³/mol. The lowest BCUT2D eigenvalue weighted by Gasteiger charge is -2.11. The van der Waals surface area contributed by atoms with Gasteiger partial charge in [0.25, 0.3) is 0 Å². The van der Waals surface area contributed by atoms with Gasteiger partial charge in [-0.3, -0.25) is 0 Å². The zero-order valence-electron chi connectivity index (χ0n) is 10.7. The third-order valence-corrected chi connectivity index (χ3v) is 3.07. The molecule has 0 aliphatic rings. The second kappa shape index (κ2) is 5.09. The Kier molecular flexibility index (Phi) is 3.66. The van der Waals surface area contributed by atoms with Crippen molar-refractivity contribution in [3.63, 3.8) is 0 Å². The maximum Gasteiger partial charge on any atom is 0.147 e. The summed E-state index contributed by atoms with van der Waals surface area (Å²) in [6, 6.07) is 2.22. The molecule has 0 spiro atoms. The van der Waals surface area contributed by atoms with Crippen LogP contribution in [0.2, 0.25) is 5.15 Å². The minimum atomic E-state index is -0.550. The lowest BCUT2D eigenvalue weighted by molar-refractivity contribution is 0.595.